The van der Waals surface area contributed by atoms with Crippen LogP contribution in [0.5, 0.6) is 0 Å². The van der Waals surface area contributed by atoms with Gasteiger partial charge in [0.25, 0.3) is 0 Å². The third-order valence-electron chi connectivity index (χ3n) is 5.92. The van der Waals surface area contributed by atoms with Crippen molar-refractivity contribution in [2.75, 3.05) is 0 Å². The maximum absolute atomic E-state index is 4.84. The molecule has 0 saturated carbocycles. The molecule has 0 aliphatic carbocycles. The van der Waals surface area contributed by atoms with E-state index in [1.54, 1.807) is 0 Å². The van der Waals surface area contributed by atoms with E-state index in [0.29, 0.717) is 0 Å². The van der Waals surface area contributed by atoms with Crippen molar-refractivity contribution < 1.29 is 0 Å². The smallest absolute Gasteiger partial charge is 0.0708 e. The fourth-order valence-corrected chi connectivity index (χ4v) is 4.42. The molecule has 5 aromatic carbocycles. The van der Waals surface area contributed by atoms with Crippen LogP contribution in [-0.2, 0) is 0 Å². The van der Waals surface area contributed by atoms with Crippen molar-refractivity contribution in [1.82, 2.24) is 4.98 Å². The normalized spacial score (nSPS) is 11.3. The highest BCUT2D eigenvalue weighted by molar-refractivity contribution is 6.25. The van der Waals surface area contributed by atoms with E-state index in [4.69, 9.17) is 4.98 Å². The summed E-state index contributed by atoms with van der Waals surface area (Å²) in [5, 5.41) is 7.55. The minimum absolute atomic E-state index is 1.00. The Bertz CT molecular complexity index is 1480. The first-order valence-corrected chi connectivity index (χ1v) is 10.2. The summed E-state index contributed by atoms with van der Waals surface area (Å²) in [6.07, 6.45) is 2.03. The molecule has 6 rings (SSSR count). The molecule has 0 unspecified atom stereocenters. The quantitative estimate of drug-likeness (QED) is 0.278. The van der Waals surface area contributed by atoms with Crippen LogP contribution in [0.2, 0.25) is 0 Å². The van der Waals surface area contributed by atoms with Crippen molar-refractivity contribution in [3.63, 3.8) is 0 Å². The lowest BCUT2D eigenvalue weighted by molar-refractivity contribution is 1.36. The fourth-order valence-electron chi connectivity index (χ4n) is 4.42. The third kappa shape index (κ3) is 2.67. The third-order valence-corrected chi connectivity index (χ3v) is 5.92. The fraction of sp³-hybridized carbons (Fsp3) is 0. The van der Waals surface area contributed by atoms with Gasteiger partial charge in [0.05, 0.1) is 5.69 Å². The van der Waals surface area contributed by atoms with E-state index >= 15 is 0 Å². The highest BCUT2D eigenvalue weighted by atomic mass is 14.7. The molecule has 1 aromatic heterocycles. The molecule has 0 radical (unpaired) electrons. The van der Waals surface area contributed by atoms with Gasteiger partial charge in [-0.2, -0.15) is 0 Å². The van der Waals surface area contributed by atoms with Gasteiger partial charge in [-0.15, -0.1) is 0 Å². The molecule has 0 saturated heterocycles. The zero-order valence-electron chi connectivity index (χ0n) is 16.4. The maximum atomic E-state index is 4.84. The van der Waals surface area contributed by atoms with Gasteiger partial charge in [0.2, 0.25) is 0 Å². The predicted molar refractivity (Wildman–Crippen MR) is 128 cm³/mol. The van der Waals surface area contributed by atoms with Crippen molar-refractivity contribution >= 4 is 32.3 Å². The van der Waals surface area contributed by atoms with E-state index in [1.165, 1.54) is 43.4 Å². The molecule has 0 amide bonds. The van der Waals surface area contributed by atoms with E-state index in [-0.39, 0.29) is 0 Å². The summed E-state index contributed by atoms with van der Waals surface area (Å²) in [5.41, 5.74) is 4.58. The molecule has 0 fully saturated rings. The summed E-state index contributed by atoms with van der Waals surface area (Å²) >= 11 is 0. The van der Waals surface area contributed by atoms with Crippen LogP contribution in [0.1, 0.15) is 0 Å². The number of hydrogen-bond acceptors (Lipinski definition) is 1. The van der Waals surface area contributed by atoms with Crippen LogP contribution in [0, 0.1) is 0 Å². The van der Waals surface area contributed by atoms with Gasteiger partial charge in [0.15, 0.2) is 0 Å². The van der Waals surface area contributed by atoms with Gasteiger partial charge in [-0.1, -0.05) is 103 Å². The lowest BCUT2D eigenvalue weighted by Gasteiger charge is -2.11. The van der Waals surface area contributed by atoms with Crippen molar-refractivity contribution in [2.45, 2.75) is 0 Å². The van der Waals surface area contributed by atoms with Gasteiger partial charge in [0, 0.05) is 17.1 Å². The first-order chi connectivity index (χ1) is 14.9. The van der Waals surface area contributed by atoms with Crippen molar-refractivity contribution in [3.05, 3.63) is 115 Å². The Kier molecular flexibility index (Phi) is 3.85. The molecule has 6 aromatic rings. The minimum atomic E-state index is 1.00. The van der Waals surface area contributed by atoms with Crippen molar-refractivity contribution in [3.8, 4) is 22.4 Å². The van der Waals surface area contributed by atoms with E-state index in [0.717, 1.165) is 11.3 Å². The molecule has 1 nitrogen and oxygen atoms in total. The summed E-state index contributed by atoms with van der Waals surface area (Å²) in [4.78, 5) is 4.84. The Morgan fingerprint density at radius 1 is 0.367 bits per heavy atom. The number of pyridine rings is 1. The number of rotatable bonds is 2. The first-order valence-electron chi connectivity index (χ1n) is 10.2. The molecule has 0 aliphatic rings. The van der Waals surface area contributed by atoms with E-state index in [2.05, 4.69) is 103 Å². The molecule has 0 spiro atoms. The summed E-state index contributed by atoms with van der Waals surface area (Å²) in [5.74, 6) is 0. The highest BCUT2D eigenvalue weighted by Gasteiger charge is 2.10. The summed E-state index contributed by atoms with van der Waals surface area (Å²) in [6.45, 7) is 0. The number of hydrogen-bond donors (Lipinski definition) is 0. The zero-order chi connectivity index (χ0) is 19.9. The standard InChI is InChI=1S/C29H19N/c1-2-8-20(9-3-1)21-14-16-22(17-15-21)29-18-27-25-12-6-4-10-23(25)24-11-5-7-13-26(24)28(27)19-30-29/h1-19H. The molecule has 0 bridgehead atoms. The van der Waals surface area contributed by atoms with Crippen molar-refractivity contribution in [1.29, 1.82) is 0 Å². The topological polar surface area (TPSA) is 12.9 Å². The Morgan fingerprint density at radius 2 is 0.833 bits per heavy atom. The SMILES string of the molecule is c1ccc(-c2ccc(-c3cc4c5ccccc5c5ccccc5c4cn3)cc2)cc1. The second-order valence-electron chi connectivity index (χ2n) is 7.65. The van der Waals surface area contributed by atoms with Gasteiger partial charge in [0.1, 0.15) is 0 Å². The summed E-state index contributed by atoms with van der Waals surface area (Å²) in [7, 11) is 0. The van der Waals surface area contributed by atoms with Crippen LogP contribution in [0.4, 0.5) is 0 Å². The Morgan fingerprint density at radius 3 is 1.47 bits per heavy atom. The van der Waals surface area contributed by atoms with Gasteiger partial charge in [-0.25, -0.2) is 0 Å². The lowest BCUT2D eigenvalue weighted by Crippen LogP contribution is -1.88. The van der Waals surface area contributed by atoms with Gasteiger partial charge < -0.3 is 0 Å². The highest BCUT2D eigenvalue weighted by Crippen LogP contribution is 2.36. The van der Waals surface area contributed by atoms with Gasteiger partial charge in [-0.05, 0) is 44.1 Å². The molecule has 1 heteroatoms. The Labute approximate surface area is 175 Å². The molecule has 0 N–H and O–H groups in total. The predicted octanol–water partition coefficient (Wildman–Crippen LogP) is 7.88. The second-order valence-corrected chi connectivity index (χ2v) is 7.65. The first kappa shape index (κ1) is 16.9. The number of benzene rings is 5. The Balaban J connectivity index is 1.55. The molecular weight excluding hydrogens is 362 g/mol. The molecule has 0 atom stereocenters. The van der Waals surface area contributed by atoms with Crippen LogP contribution in [0.3, 0.4) is 0 Å². The van der Waals surface area contributed by atoms with E-state index in [9.17, 15) is 0 Å². The number of aromatic nitrogens is 1. The summed E-state index contributed by atoms with van der Waals surface area (Å²) < 4.78 is 0. The van der Waals surface area contributed by atoms with E-state index in [1.807, 2.05) is 12.3 Å². The number of nitrogens with zero attached hydrogens (tertiary/aromatic N) is 1. The summed E-state index contributed by atoms with van der Waals surface area (Å²) in [6, 6.07) is 38.7. The molecule has 0 aliphatic heterocycles. The van der Waals surface area contributed by atoms with Crippen LogP contribution < -0.4 is 0 Å². The van der Waals surface area contributed by atoms with Crippen LogP contribution in [0.25, 0.3) is 54.7 Å². The molecule has 140 valence electrons. The second kappa shape index (κ2) is 6.82. The maximum Gasteiger partial charge on any atom is 0.0708 e. The molecule has 30 heavy (non-hydrogen) atoms. The number of fused-ring (bicyclic) bond motifs is 6. The zero-order valence-corrected chi connectivity index (χ0v) is 16.4. The largest absolute Gasteiger partial charge is 0.256 e. The van der Waals surface area contributed by atoms with Crippen LogP contribution in [-0.4, -0.2) is 4.98 Å². The minimum Gasteiger partial charge on any atom is -0.256 e. The monoisotopic (exact) mass is 381 g/mol. The molecule has 1 heterocycles. The van der Waals surface area contributed by atoms with Gasteiger partial charge >= 0.3 is 0 Å². The van der Waals surface area contributed by atoms with Crippen LogP contribution >= 0.6 is 0 Å². The van der Waals surface area contributed by atoms with Crippen LogP contribution in [0.15, 0.2) is 115 Å². The average Bonchev–Trinajstić information content (AvgIpc) is 2.84. The van der Waals surface area contributed by atoms with E-state index < -0.39 is 0 Å². The molecular formula is C29H19N. The Hall–Kier alpha value is -3.97. The lowest BCUT2D eigenvalue weighted by atomic mass is 9.94. The van der Waals surface area contributed by atoms with Gasteiger partial charge in [-0.3, -0.25) is 4.98 Å². The average molecular weight is 381 g/mol. The van der Waals surface area contributed by atoms with Crippen molar-refractivity contribution in [2.24, 2.45) is 0 Å².